The van der Waals surface area contributed by atoms with Crippen LogP contribution in [-0.2, 0) is 0 Å². The predicted octanol–water partition coefficient (Wildman–Crippen LogP) is 2.64. The van der Waals surface area contributed by atoms with Crippen molar-refractivity contribution in [2.24, 2.45) is 0 Å². The van der Waals surface area contributed by atoms with Gasteiger partial charge in [0.2, 0.25) is 0 Å². The normalized spacial score (nSPS) is 9.95. The van der Waals surface area contributed by atoms with Crippen LogP contribution in [0.25, 0.3) is 0 Å². The molecule has 6 heteroatoms. The van der Waals surface area contributed by atoms with Crippen LogP contribution in [0.2, 0.25) is 0 Å². The van der Waals surface area contributed by atoms with Gasteiger partial charge in [-0.15, -0.1) is 0 Å². The van der Waals surface area contributed by atoms with Crippen LogP contribution in [0.5, 0.6) is 0 Å². The van der Waals surface area contributed by atoms with Crippen molar-refractivity contribution >= 4 is 40.2 Å². The third kappa shape index (κ3) is 3.28. The second-order valence-corrected chi connectivity index (χ2v) is 4.83. The Kier molecular flexibility index (Phi) is 4.10. The third-order valence-corrected chi connectivity index (χ3v) is 3.30. The van der Waals surface area contributed by atoms with E-state index >= 15 is 0 Å². The SMILES string of the molecule is O=C(O)c1ccc(NC(=O)c2ccccc2I)cn1. The number of carbonyl (C=O) groups excluding carboxylic acids is 1. The van der Waals surface area contributed by atoms with Crippen molar-refractivity contribution in [2.75, 3.05) is 5.32 Å². The van der Waals surface area contributed by atoms with E-state index in [1.165, 1.54) is 18.3 Å². The van der Waals surface area contributed by atoms with Crippen LogP contribution < -0.4 is 5.32 Å². The molecule has 1 aromatic carbocycles. The summed E-state index contributed by atoms with van der Waals surface area (Å²) in [6.45, 7) is 0. The highest BCUT2D eigenvalue weighted by Gasteiger charge is 2.10. The average molecular weight is 368 g/mol. The number of anilines is 1. The van der Waals surface area contributed by atoms with Gasteiger partial charge in [-0.25, -0.2) is 9.78 Å². The van der Waals surface area contributed by atoms with E-state index in [2.05, 4.69) is 32.9 Å². The minimum absolute atomic E-state index is 0.0627. The quantitative estimate of drug-likeness (QED) is 0.817. The predicted molar refractivity (Wildman–Crippen MR) is 78.3 cm³/mol. The summed E-state index contributed by atoms with van der Waals surface area (Å²) in [6.07, 6.45) is 1.32. The van der Waals surface area contributed by atoms with Crippen molar-refractivity contribution in [2.45, 2.75) is 0 Å². The van der Waals surface area contributed by atoms with Crippen LogP contribution in [0.1, 0.15) is 20.8 Å². The minimum atomic E-state index is -1.10. The Morgan fingerprint density at radius 2 is 1.89 bits per heavy atom. The number of nitrogens with zero attached hydrogens (tertiary/aromatic N) is 1. The summed E-state index contributed by atoms with van der Waals surface area (Å²) in [6, 6.07) is 10.0. The minimum Gasteiger partial charge on any atom is -0.477 e. The maximum Gasteiger partial charge on any atom is 0.354 e. The molecule has 1 aromatic heterocycles. The first-order valence-corrected chi connectivity index (χ1v) is 6.41. The molecule has 0 saturated carbocycles. The van der Waals surface area contributed by atoms with Crippen molar-refractivity contribution < 1.29 is 14.7 Å². The van der Waals surface area contributed by atoms with Gasteiger partial charge in [0, 0.05) is 3.57 Å². The average Bonchev–Trinajstić information content (AvgIpc) is 2.39. The number of aromatic nitrogens is 1. The fourth-order valence-corrected chi connectivity index (χ4v) is 2.07. The van der Waals surface area contributed by atoms with Crippen LogP contribution in [0.4, 0.5) is 5.69 Å². The number of aromatic carboxylic acids is 1. The van der Waals surface area contributed by atoms with Crippen molar-refractivity contribution in [3.8, 4) is 0 Å². The lowest BCUT2D eigenvalue weighted by Crippen LogP contribution is -2.13. The van der Waals surface area contributed by atoms with Crippen LogP contribution in [0, 0.1) is 3.57 Å². The molecular formula is C13H9IN2O3. The van der Waals surface area contributed by atoms with Gasteiger partial charge in [-0.2, -0.15) is 0 Å². The van der Waals surface area contributed by atoms with Crippen LogP contribution in [0.3, 0.4) is 0 Å². The number of hydrogen-bond acceptors (Lipinski definition) is 3. The molecule has 0 aliphatic heterocycles. The molecule has 0 atom stereocenters. The van der Waals surface area contributed by atoms with Crippen LogP contribution in [-0.4, -0.2) is 22.0 Å². The number of amides is 1. The van der Waals surface area contributed by atoms with E-state index < -0.39 is 5.97 Å². The molecule has 1 heterocycles. The standard InChI is InChI=1S/C13H9IN2O3/c14-10-4-2-1-3-9(10)12(17)16-8-5-6-11(13(18)19)15-7-8/h1-7H,(H,16,17)(H,18,19). The Bertz CT molecular complexity index is 626. The number of nitrogens with one attached hydrogen (secondary N) is 1. The summed E-state index contributed by atoms with van der Waals surface area (Å²) >= 11 is 2.08. The molecule has 96 valence electrons. The first-order valence-electron chi connectivity index (χ1n) is 5.33. The number of carboxylic acid groups (broad SMARTS) is 1. The van der Waals surface area contributed by atoms with E-state index in [-0.39, 0.29) is 11.6 Å². The lowest BCUT2D eigenvalue weighted by Gasteiger charge is -2.06. The molecule has 2 N–H and O–H groups in total. The zero-order valence-corrected chi connectivity index (χ0v) is 11.8. The largest absolute Gasteiger partial charge is 0.477 e. The maximum absolute atomic E-state index is 12.0. The Hall–Kier alpha value is -1.96. The number of carboxylic acids is 1. The highest BCUT2D eigenvalue weighted by molar-refractivity contribution is 14.1. The van der Waals surface area contributed by atoms with Gasteiger partial charge in [-0.1, -0.05) is 12.1 Å². The van der Waals surface area contributed by atoms with E-state index in [1.807, 2.05) is 12.1 Å². The Labute approximate surface area is 122 Å². The zero-order chi connectivity index (χ0) is 13.8. The molecule has 0 aliphatic rings. The number of pyridine rings is 1. The van der Waals surface area contributed by atoms with Gasteiger partial charge in [-0.05, 0) is 46.9 Å². The fourth-order valence-electron chi connectivity index (χ4n) is 1.44. The molecule has 0 fully saturated rings. The van der Waals surface area contributed by atoms with E-state index in [4.69, 9.17) is 5.11 Å². The lowest BCUT2D eigenvalue weighted by molar-refractivity contribution is 0.0690. The second kappa shape index (κ2) is 5.79. The Morgan fingerprint density at radius 3 is 2.47 bits per heavy atom. The molecule has 19 heavy (non-hydrogen) atoms. The summed E-state index contributed by atoms with van der Waals surface area (Å²) in [7, 11) is 0. The Balaban J connectivity index is 2.15. The lowest BCUT2D eigenvalue weighted by atomic mass is 10.2. The van der Waals surface area contributed by atoms with Crippen LogP contribution in [0.15, 0.2) is 42.6 Å². The highest BCUT2D eigenvalue weighted by atomic mass is 127. The van der Waals surface area contributed by atoms with E-state index in [1.54, 1.807) is 12.1 Å². The van der Waals surface area contributed by atoms with E-state index in [9.17, 15) is 9.59 Å². The molecule has 0 saturated heterocycles. The van der Waals surface area contributed by atoms with Gasteiger partial charge in [-0.3, -0.25) is 4.79 Å². The molecule has 2 rings (SSSR count). The number of carbonyl (C=O) groups is 2. The highest BCUT2D eigenvalue weighted by Crippen LogP contribution is 2.14. The Morgan fingerprint density at radius 1 is 1.16 bits per heavy atom. The van der Waals surface area contributed by atoms with Gasteiger partial charge in [0.1, 0.15) is 5.69 Å². The molecule has 0 radical (unpaired) electrons. The molecule has 1 amide bonds. The van der Waals surface area contributed by atoms with Crippen LogP contribution >= 0.6 is 22.6 Å². The first kappa shape index (κ1) is 13.5. The summed E-state index contributed by atoms with van der Waals surface area (Å²) in [5.74, 6) is -1.36. The number of halogens is 1. The molecule has 2 aromatic rings. The fraction of sp³-hybridized carbons (Fsp3) is 0. The second-order valence-electron chi connectivity index (χ2n) is 3.67. The smallest absolute Gasteiger partial charge is 0.354 e. The van der Waals surface area contributed by atoms with Crippen molar-refractivity contribution in [1.29, 1.82) is 0 Å². The van der Waals surface area contributed by atoms with Gasteiger partial charge in [0.25, 0.3) is 5.91 Å². The maximum atomic E-state index is 12.0. The molecule has 0 unspecified atom stereocenters. The molecule has 5 nitrogen and oxygen atoms in total. The van der Waals surface area contributed by atoms with Gasteiger partial charge in [0.05, 0.1) is 17.4 Å². The topological polar surface area (TPSA) is 79.3 Å². The number of benzene rings is 1. The number of rotatable bonds is 3. The molecule has 0 aliphatic carbocycles. The third-order valence-electron chi connectivity index (χ3n) is 2.36. The van der Waals surface area contributed by atoms with Crippen molar-refractivity contribution in [3.63, 3.8) is 0 Å². The van der Waals surface area contributed by atoms with Gasteiger partial charge in [0.15, 0.2) is 0 Å². The molecule has 0 bridgehead atoms. The summed E-state index contributed by atoms with van der Waals surface area (Å²) in [4.78, 5) is 26.4. The summed E-state index contributed by atoms with van der Waals surface area (Å²) in [5.41, 5.74) is 0.951. The number of hydrogen-bond donors (Lipinski definition) is 2. The van der Waals surface area contributed by atoms with Crippen molar-refractivity contribution in [1.82, 2.24) is 4.98 Å². The summed E-state index contributed by atoms with van der Waals surface area (Å²) in [5, 5.41) is 11.4. The van der Waals surface area contributed by atoms with E-state index in [0.29, 0.717) is 11.3 Å². The van der Waals surface area contributed by atoms with Crippen molar-refractivity contribution in [3.05, 3.63) is 57.4 Å². The van der Waals surface area contributed by atoms with Gasteiger partial charge < -0.3 is 10.4 Å². The first-order chi connectivity index (χ1) is 9.08. The van der Waals surface area contributed by atoms with Gasteiger partial charge >= 0.3 is 5.97 Å². The molecular weight excluding hydrogens is 359 g/mol. The zero-order valence-electron chi connectivity index (χ0n) is 9.63. The summed E-state index contributed by atoms with van der Waals surface area (Å²) < 4.78 is 0.840. The van der Waals surface area contributed by atoms with E-state index in [0.717, 1.165) is 3.57 Å². The molecule has 0 spiro atoms. The monoisotopic (exact) mass is 368 g/mol.